The van der Waals surface area contributed by atoms with Crippen molar-refractivity contribution in [3.05, 3.63) is 35.4 Å². The van der Waals surface area contributed by atoms with Crippen molar-refractivity contribution in [3.63, 3.8) is 0 Å². The Hall–Kier alpha value is -1.35. The van der Waals surface area contributed by atoms with E-state index in [1.807, 2.05) is 0 Å². The van der Waals surface area contributed by atoms with Crippen LogP contribution in [0.25, 0.3) is 0 Å². The van der Waals surface area contributed by atoms with Crippen LogP contribution >= 0.6 is 0 Å². The van der Waals surface area contributed by atoms with Crippen LogP contribution in [0.5, 0.6) is 0 Å². The van der Waals surface area contributed by atoms with Crippen LogP contribution in [-0.4, -0.2) is 29.9 Å². The molecule has 1 saturated heterocycles. The number of fused-ring (bicyclic) bond motifs is 1. The molecule has 1 aliphatic carbocycles. The van der Waals surface area contributed by atoms with Crippen molar-refractivity contribution >= 4 is 5.91 Å². The van der Waals surface area contributed by atoms with Gasteiger partial charge < -0.3 is 10.2 Å². The molecular weight excluding hydrogens is 236 g/mol. The van der Waals surface area contributed by atoms with E-state index >= 15 is 0 Å². The Kier molecular flexibility index (Phi) is 2.46. The summed E-state index contributed by atoms with van der Waals surface area (Å²) in [4.78, 5) is 14.7. The molecule has 3 aliphatic rings. The van der Waals surface area contributed by atoms with E-state index in [0.29, 0.717) is 11.3 Å². The molecule has 2 heterocycles. The van der Waals surface area contributed by atoms with Gasteiger partial charge in [0.15, 0.2) is 0 Å². The van der Waals surface area contributed by atoms with Gasteiger partial charge in [-0.15, -0.1) is 0 Å². The van der Waals surface area contributed by atoms with Crippen LogP contribution in [0.2, 0.25) is 0 Å². The first-order valence-electron chi connectivity index (χ1n) is 7.35. The summed E-state index contributed by atoms with van der Waals surface area (Å²) in [6.45, 7) is 2.80. The third-order valence-electron chi connectivity index (χ3n) is 5.09. The van der Waals surface area contributed by atoms with Gasteiger partial charge in [-0.05, 0) is 42.2 Å². The summed E-state index contributed by atoms with van der Waals surface area (Å²) in [6, 6.07) is 8.44. The molecule has 1 spiro atoms. The summed E-state index contributed by atoms with van der Waals surface area (Å²) in [5.41, 5.74) is 3.20. The number of carbonyl (C=O) groups excluding carboxylic acids is 1. The summed E-state index contributed by atoms with van der Waals surface area (Å²) in [5.74, 6) is 0.318. The van der Waals surface area contributed by atoms with Crippen molar-refractivity contribution in [1.29, 1.82) is 0 Å². The standard InChI is InChI=1S/C16H20N2O/c19-15(18-8-7-16(11-18)5-6-16)14-9-12-3-1-2-4-13(12)10-17-14/h1-4,14,17H,5-11H2/t14-/m0/s1. The highest BCUT2D eigenvalue weighted by Crippen LogP contribution is 2.52. The molecule has 0 unspecified atom stereocenters. The third kappa shape index (κ3) is 1.96. The third-order valence-corrected chi connectivity index (χ3v) is 5.09. The average Bonchev–Trinajstić information content (AvgIpc) is 3.07. The van der Waals surface area contributed by atoms with E-state index in [-0.39, 0.29) is 6.04 Å². The molecule has 1 saturated carbocycles. The van der Waals surface area contributed by atoms with Crippen LogP contribution in [0.4, 0.5) is 0 Å². The van der Waals surface area contributed by atoms with E-state index in [2.05, 4.69) is 34.5 Å². The highest BCUT2D eigenvalue weighted by molar-refractivity contribution is 5.83. The number of hydrogen-bond donors (Lipinski definition) is 1. The molecule has 1 aromatic carbocycles. The number of nitrogens with one attached hydrogen (secondary N) is 1. The number of benzene rings is 1. The minimum absolute atomic E-state index is 0.0104. The smallest absolute Gasteiger partial charge is 0.240 e. The lowest BCUT2D eigenvalue weighted by molar-refractivity contribution is -0.132. The van der Waals surface area contributed by atoms with Gasteiger partial charge in [0.25, 0.3) is 0 Å². The van der Waals surface area contributed by atoms with Crippen LogP contribution in [0.1, 0.15) is 30.4 Å². The quantitative estimate of drug-likeness (QED) is 0.829. The Balaban J connectivity index is 1.47. The normalized spacial score (nSPS) is 27.4. The molecule has 0 radical (unpaired) electrons. The van der Waals surface area contributed by atoms with Crippen LogP contribution in [0.3, 0.4) is 0 Å². The van der Waals surface area contributed by atoms with Gasteiger partial charge in [0.05, 0.1) is 6.04 Å². The van der Waals surface area contributed by atoms with Crippen LogP contribution in [0, 0.1) is 5.41 Å². The summed E-state index contributed by atoms with van der Waals surface area (Å²) < 4.78 is 0. The summed E-state index contributed by atoms with van der Waals surface area (Å²) in [5, 5.41) is 3.41. The van der Waals surface area contributed by atoms with E-state index < -0.39 is 0 Å². The van der Waals surface area contributed by atoms with Crippen molar-refractivity contribution in [2.75, 3.05) is 13.1 Å². The highest BCUT2D eigenvalue weighted by Gasteiger charge is 2.49. The monoisotopic (exact) mass is 256 g/mol. The number of carbonyl (C=O) groups is 1. The molecule has 100 valence electrons. The van der Waals surface area contributed by atoms with Crippen LogP contribution < -0.4 is 5.32 Å². The van der Waals surface area contributed by atoms with Gasteiger partial charge in [-0.25, -0.2) is 0 Å². The molecule has 19 heavy (non-hydrogen) atoms. The Morgan fingerprint density at radius 2 is 2.00 bits per heavy atom. The van der Waals surface area contributed by atoms with Gasteiger partial charge in [0, 0.05) is 19.6 Å². The topological polar surface area (TPSA) is 32.3 Å². The molecule has 1 aromatic rings. The van der Waals surface area contributed by atoms with Crippen molar-refractivity contribution in [3.8, 4) is 0 Å². The molecule has 2 fully saturated rings. The van der Waals surface area contributed by atoms with Gasteiger partial charge in [-0.3, -0.25) is 4.79 Å². The first-order valence-corrected chi connectivity index (χ1v) is 7.35. The van der Waals surface area contributed by atoms with Crippen molar-refractivity contribution < 1.29 is 4.79 Å². The molecule has 1 amide bonds. The predicted molar refractivity (Wildman–Crippen MR) is 73.6 cm³/mol. The maximum atomic E-state index is 12.6. The number of likely N-dealkylation sites (tertiary alicyclic amines) is 1. The number of amides is 1. The summed E-state index contributed by atoms with van der Waals surface area (Å²) >= 11 is 0. The van der Waals surface area contributed by atoms with Gasteiger partial charge >= 0.3 is 0 Å². The molecule has 0 aromatic heterocycles. The van der Waals surface area contributed by atoms with Crippen molar-refractivity contribution in [2.45, 2.75) is 38.3 Å². The zero-order valence-corrected chi connectivity index (χ0v) is 11.2. The van der Waals surface area contributed by atoms with Gasteiger partial charge in [-0.2, -0.15) is 0 Å². The molecule has 3 heteroatoms. The lowest BCUT2D eigenvalue weighted by Crippen LogP contribution is -2.48. The Bertz CT molecular complexity index is 521. The van der Waals surface area contributed by atoms with E-state index in [9.17, 15) is 4.79 Å². The molecule has 1 N–H and O–H groups in total. The van der Waals surface area contributed by atoms with Gasteiger partial charge in [-0.1, -0.05) is 24.3 Å². The second kappa shape index (κ2) is 4.07. The highest BCUT2D eigenvalue weighted by atomic mass is 16.2. The first-order chi connectivity index (χ1) is 9.26. The lowest BCUT2D eigenvalue weighted by Gasteiger charge is -2.29. The SMILES string of the molecule is O=C([C@@H]1Cc2ccccc2CN1)N1CCC2(CC2)C1. The van der Waals surface area contributed by atoms with Crippen molar-refractivity contribution in [2.24, 2.45) is 5.41 Å². The minimum atomic E-state index is -0.0104. The van der Waals surface area contributed by atoms with E-state index in [0.717, 1.165) is 26.1 Å². The zero-order valence-electron chi connectivity index (χ0n) is 11.2. The van der Waals surface area contributed by atoms with E-state index in [4.69, 9.17) is 0 Å². The predicted octanol–water partition coefficient (Wildman–Crippen LogP) is 1.71. The number of nitrogens with zero attached hydrogens (tertiary/aromatic N) is 1. The van der Waals surface area contributed by atoms with Crippen molar-refractivity contribution in [1.82, 2.24) is 10.2 Å². The Morgan fingerprint density at radius 1 is 1.21 bits per heavy atom. The van der Waals surface area contributed by atoms with Gasteiger partial charge in [0.1, 0.15) is 0 Å². The van der Waals surface area contributed by atoms with Crippen LogP contribution in [0.15, 0.2) is 24.3 Å². The molecule has 0 bridgehead atoms. The Labute approximate surface area is 114 Å². The fraction of sp³-hybridized carbons (Fsp3) is 0.562. The van der Waals surface area contributed by atoms with Gasteiger partial charge in [0.2, 0.25) is 5.91 Å². The fourth-order valence-corrected chi connectivity index (χ4v) is 3.56. The van der Waals surface area contributed by atoms with E-state index in [1.165, 1.54) is 30.4 Å². The molecule has 4 rings (SSSR count). The minimum Gasteiger partial charge on any atom is -0.341 e. The zero-order chi connectivity index (χ0) is 12.9. The lowest BCUT2D eigenvalue weighted by atomic mass is 9.95. The van der Waals surface area contributed by atoms with Crippen LogP contribution in [-0.2, 0) is 17.8 Å². The maximum absolute atomic E-state index is 12.6. The Morgan fingerprint density at radius 3 is 2.74 bits per heavy atom. The molecule has 2 aliphatic heterocycles. The maximum Gasteiger partial charge on any atom is 0.240 e. The second-order valence-corrected chi connectivity index (χ2v) is 6.42. The summed E-state index contributed by atoms with van der Waals surface area (Å²) in [7, 11) is 0. The van der Waals surface area contributed by atoms with E-state index in [1.54, 1.807) is 0 Å². The second-order valence-electron chi connectivity index (χ2n) is 6.42. The summed E-state index contributed by atoms with van der Waals surface area (Å²) in [6.07, 6.45) is 4.73. The number of hydrogen-bond acceptors (Lipinski definition) is 2. The molecular formula is C16H20N2O. The number of rotatable bonds is 1. The fourth-order valence-electron chi connectivity index (χ4n) is 3.56. The first kappa shape index (κ1) is 11.5. The average molecular weight is 256 g/mol. The molecule has 1 atom stereocenters. The largest absolute Gasteiger partial charge is 0.341 e. The molecule has 3 nitrogen and oxygen atoms in total.